The van der Waals surface area contributed by atoms with Crippen molar-refractivity contribution >= 4 is 22.7 Å². The average Bonchev–Trinajstić information content (AvgIpc) is 3.04. The summed E-state index contributed by atoms with van der Waals surface area (Å²) in [4.78, 5) is 16.9. The van der Waals surface area contributed by atoms with Crippen molar-refractivity contribution in [1.82, 2.24) is 4.98 Å². The lowest BCUT2D eigenvalue weighted by atomic mass is 10.1. The maximum absolute atomic E-state index is 11.6. The minimum Gasteiger partial charge on any atom is -0.478 e. The second-order valence-corrected chi connectivity index (χ2v) is 5.25. The van der Waals surface area contributed by atoms with Crippen LogP contribution in [-0.2, 0) is 0 Å². The fraction of sp³-hybridized carbons (Fsp3) is 0.400. The zero-order valence-corrected chi connectivity index (χ0v) is 11.0. The van der Waals surface area contributed by atoms with Gasteiger partial charge in [-0.25, -0.2) is 4.79 Å². The first kappa shape index (κ1) is 12.1. The van der Waals surface area contributed by atoms with Gasteiger partial charge in [0.15, 0.2) is 0 Å². The Morgan fingerprint density at radius 3 is 2.68 bits per heavy atom. The molecular weight excluding hydrogens is 240 g/mol. The van der Waals surface area contributed by atoms with Crippen molar-refractivity contribution in [3.63, 3.8) is 0 Å². The molecule has 1 fully saturated rings. The molecule has 4 nitrogen and oxygen atoms in total. The van der Waals surface area contributed by atoms with Crippen molar-refractivity contribution in [2.24, 2.45) is 0 Å². The van der Waals surface area contributed by atoms with Crippen molar-refractivity contribution in [1.29, 1.82) is 0 Å². The lowest BCUT2D eigenvalue weighted by Gasteiger charge is -2.25. The number of carbonyl (C=O) groups is 1. The van der Waals surface area contributed by atoms with E-state index in [1.165, 1.54) is 12.8 Å². The highest BCUT2D eigenvalue weighted by atomic mass is 16.4. The van der Waals surface area contributed by atoms with Crippen molar-refractivity contribution in [3.8, 4) is 0 Å². The van der Waals surface area contributed by atoms with Gasteiger partial charge in [-0.15, -0.1) is 0 Å². The van der Waals surface area contributed by atoms with Crippen LogP contribution in [0.2, 0.25) is 0 Å². The molecule has 0 radical (unpaired) electrons. The Hall–Kier alpha value is -1.97. The summed E-state index contributed by atoms with van der Waals surface area (Å²) >= 11 is 0. The van der Waals surface area contributed by atoms with Crippen LogP contribution in [-0.4, -0.2) is 29.1 Å². The molecule has 0 spiro atoms. The molecule has 1 aliphatic rings. The molecule has 1 heterocycles. The van der Waals surface area contributed by atoms with Crippen molar-refractivity contribution in [3.05, 3.63) is 29.8 Å². The average molecular weight is 258 g/mol. The summed E-state index contributed by atoms with van der Waals surface area (Å²) < 4.78 is 0. The number of carboxylic acid groups (broad SMARTS) is 1. The molecule has 3 rings (SSSR count). The first-order valence-corrected chi connectivity index (χ1v) is 6.75. The molecule has 0 bridgehead atoms. The van der Waals surface area contributed by atoms with Gasteiger partial charge in [-0.05, 0) is 18.9 Å². The van der Waals surface area contributed by atoms with E-state index in [-0.39, 0.29) is 0 Å². The quantitative estimate of drug-likeness (QED) is 0.888. The van der Waals surface area contributed by atoms with E-state index in [1.807, 2.05) is 31.3 Å². The third-order valence-corrected chi connectivity index (χ3v) is 4.13. The van der Waals surface area contributed by atoms with Gasteiger partial charge in [0.05, 0.1) is 0 Å². The first-order valence-electron chi connectivity index (χ1n) is 6.75. The monoisotopic (exact) mass is 258 g/mol. The molecule has 0 amide bonds. The smallest absolute Gasteiger partial charge is 0.340 e. The molecule has 1 aliphatic carbocycles. The fourth-order valence-electron chi connectivity index (χ4n) is 3.08. The van der Waals surface area contributed by atoms with Crippen molar-refractivity contribution < 1.29 is 9.90 Å². The van der Waals surface area contributed by atoms with E-state index in [1.54, 1.807) is 0 Å². The normalized spacial score (nSPS) is 16.1. The number of para-hydroxylation sites is 1. The van der Waals surface area contributed by atoms with Gasteiger partial charge in [0.2, 0.25) is 0 Å². The number of H-pyrrole nitrogens is 1. The van der Waals surface area contributed by atoms with Crippen molar-refractivity contribution in [2.75, 3.05) is 11.9 Å². The van der Waals surface area contributed by atoms with Crippen LogP contribution in [0, 0.1) is 0 Å². The Labute approximate surface area is 112 Å². The summed E-state index contributed by atoms with van der Waals surface area (Å²) in [5.41, 5.74) is 1.28. The lowest BCUT2D eigenvalue weighted by Crippen LogP contribution is -2.30. The van der Waals surface area contributed by atoms with Crippen LogP contribution < -0.4 is 4.90 Å². The van der Waals surface area contributed by atoms with Crippen LogP contribution in [0.1, 0.15) is 36.0 Å². The van der Waals surface area contributed by atoms with Gasteiger partial charge in [-0.1, -0.05) is 31.0 Å². The molecule has 1 aromatic heterocycles. The van der Waals surface area contributed by atoms with E-state index in [2.05, 4.69) is 9.88 Å². The van der Waals surface area contributed by atoms with Crippen molar-refractivity contribution in [2.45, 2.75) is 31.7 Å². The van der Waals surface area contributed by atoms with E-state index in [0.717, 1.165) is 29.6 Å². The van der Waals surface area contributed by atoms with E-state index < -0.39 is 5.97 Å². The van der Waals surface area contributed by atoms with Crippen LogP contribution in [0.3, 0.4) is 0 Å². The Balaban J connectivity index is 2.11. The van der Waals surface area contributed by atoms with Gasteiger partial charge in [0, 0.05) is 24.0 Å². The Bertz CT molecular complexity index is 612. The number of aromatic nitrogens is 1. The number of aromatic carboxylic acids is 1. The minimum atomic E-state index is -0.864. The van der Waals surface area contributed by atoms with Gasteiger partial charge in [-0.3, -0.25) is 0 Å². The third kappa shape index (κ3) is 1.97. The summed E-state index contributed by atoms with van der Waals surface area (Å²) in [6.07, 6.45) is 4.76. The molecule has 0 saturated heterocycles. The fourth-order valence-corrected chi connectivity index (χ4v) is 3.08. The Kier molecular flexibility index (Phi) is 2.93. The standard InChI is InChI=1S/C15H18N2O2/c1-17(10-6-2-3-7-10)14-13(15(18)19)11-8-4-5-9-12(11)16-14/h4-5,8-10,16H,2-3,6-7H2,1H3,(H,18,19). The van der Waals surface area contributed by atoms with Crippen LogP contribution in [0.25, 0.3) is 10.9 Å². The molecular formula is C15H18N2O2. The molecule has 0 unspecified atom stereocenters. The van der Waals surface area contributed by atoms with Crippen LogP contribution in [0.4, 0.5) is 5.82 Å². The lowest BCUT2D eigenvalue weighted by molar-refractivity contribution is 0.0699. The molecule has 0 aliphatic heterocycles. The third-order valence-electron chi connectivity index (χ3n) is 4.13. The SMILES string of the molecule is CN(c1[nH]c2ccccc2c1C(=O)O)C1CCCC1. The predicted molar refractivity (Wildman–Crippen MR) is 75.9 cm³/mol. The number of aromatic amines is 1. The molecule has 4 heteroatoms. The number of hydrogen-bond donors (Lipinski definition) is 2. The maximum Gasteiger partial charge on any atom is 0.340 e. The Morgan fingerprint density at radius 2 is 2.00 bits per heavy atom. The van der Waals surface area contributed by atoms with Gasteiger partial charge in [0.1, 0.15) is 11.4 Å². The van der Waals surface area contributed by atoms with Crippen LogP contribution >= 0.6 is 0 Å². The number of nitrogens with zero attached hydrogens (tertiary/aromatic N) is 1. The maximum atomic E-state index is 11.6. The highest BCUT2D eigenvalue weighted by molar-refractivity contribution is 6.08. The zero-order chi connectivity index (χ0) is 13.4. The number of hydrogen-bond acceptors (Lipinski definition) is 2. The van der Waals surface area contributed by atoms with Gasteiger partial charge in [0.25, 0.3) is 0 Å². The molecule has 0 atom stereocenters. The number of nitrogens with one attached hydrogen (secondary N) is 1. The second kappa shape index (κ2) is 4.61. The van der Waals surface area contributed by atoms with Gasteiger partial charge in [-0.2, -0.15) is 0 Å². The Morgan fingerprint density at radius 1 is 1.32 bits per heavy atom. The van der Waals surface area contributed by atoms with Gasteiger partial charge < -0.3 is 15.0 Å². The molecule has 100 valence electrons. The number of fused-ring (bicyclic) bond motifs is 1. The molecule has 1 saturated carbocycles. The highest BCUT2D eigenvalue weighted by Crippen LogP contribution is 2.33. The summed E-state index contributed by atoms with van der Waals surface area (Å²) in [5.74, 6) is -0.127. The predicted octanol–water partition coefficient (Wildman–Crippen LogP) is 3.24. The zero-order valence-electron chi connectivity index (χ0n) is 11.0. The summed E-state index contributed by atoms with van der Waals surface area (Å²) in [7, 11) is 1.99. The molecule has 2 aromatic rings. The van der Waals surface area contributed by atoms with E-state index >= 15 is 0 Å². The van der Waals surface area contributed by atoms with E-state index in [4.69, 9.17) is 0 Å². The number of benzene rings is 1. The summed E-state index contributed by atoms with van der Waals surface area (Å²) in [6, 6.07) is 8.03. The largest absolute Gasteiger partial charge is 0.478 e. The number of carboxylic acids is 1. The molecule has 1 aromatic carbocycles. The second-order valence-electron chi connectivity index (χ2n) is 5.25. The van der Waals surface area contributed by atoms with Crippen LogP contribution in [0.15, 0.2) is 24.3 Å². The molecule has 19 heavy (non-hydrogen) atoms. The minimum absolute atomic E-state index is 0.394. The first-order chi connectivity index (χ1) is 9.18. The number of anilines is 1. The van der Waals surface area contributed by atoms with Crippen LogP contribution in [0.5, 0.6) is 0 Å². The van der Waals surface area contributed by atoms with Gasteiger partial charge >= 0.3 is 5.97 Å². The molecule has 2 N–H and O–H groups in total. The summed E-state index contributed by atoms with van der Waals surface area (Å²) in [6.45, 7) is 0. The highest BCUT2D eigenvalue weighted by Gasteiger charge is 2.26. The topological polar surface area (TPSA) is 56.3 Å². The summed E-state index contributed by atoms with van der Waals surface area (Å²) in [5, 5.41) is 10.3. The van der Waals surface area contributed by atoms with E-state index in [9.17, 15) is 9.90 Å². The number of rotatable bonds is 3. The van der Waals surface area contributed by atoms with E-state index in [0.29, 0.717) is 11.6 Å².